The summed E-state index contributed by atoms with van der Waals surface area (Å²) >= 11 is 0. The highest BCUT2D eigenvalue weighted by Crippen LogP contribution is 2.36. The third kappa shape index (κ3) is 2.92. The predicted octanol–water partition coefficient (Wildman–Crippen LogP) is 4.05. The third-order valence-electron chi connectivity index (χ3n) is 2.96. The molecule has 0 fully saturated rings. The van der Waals surface area contributed by atoms with E-state index in [0.29, 0.717) is 5.39 Å². The van der Waals surface area contributed by atoms with Crippen molar-refractivity contribution in [2.45, 2.75) is 19.0 Å². The summed E-state index contributed by atoms with van der Waals surface area (Å²) in [6.45, 7) is 1.39. The summed E-state index contributed by atoms with van der Waals surface area (Å²) in [5.74, 6) is -3.51. The summed E-state index contributed by atoms with van der Waals surface area (Å²) in [6, 6.07) is 11.3. The maximum absolute atomic E-state index is 13.1. The zero-order chi connectivity index (χ0) is 14.8. The molecule has 0 aliphatic carbocycles. The molecule has 0 heterocycles. The minimum absolute atomic E-state index is 0.0843. The Morgan fingerprint density at radius 1 is 1.15 bits per heavy atom. The molecule has 0 radical (unpaired) electrons. The van der Waals surface area contributed by atoms with Gasteiger partial charge in [-0.05, 0) is 29.3 Å². The van der Waals surface area contributed by atoms with Gasteiger partial charge in [0.15, 0.2) is 5.92 Å². The van der Waals surface area contributed by atoms with E-state index in [0.717, 1.165) is 5.39 Å². The minimum Gasteiger partial charge on any atom is -0.465 e. The summed E-state index contributed by atoms with van der Waals surface area (Å²) in [4.78, 5) is 11.6. The highest BCUT2D eigenvalue weighted by molar-refractivity contribution is 5.86. The number of hydrogen-bond acceptors (Lipinski definition) is 2. The van der Waals surface area contributed by atoms with E-state index in [2.05, 4.69) is 4.74 Å². The van der Waals surface area contributed by atoms with E-state index in [1.807, 2.05) is 0 Å². The summed E-state index contributed by atoms with van der Waals surface area (Å²) in [7, 11) is 0. The van der Waals surface area contributed by atoms with Crippen molar-refractivity contribution in [1.29, 1.82) is 0 Å². The first kappa shape index (κ1) is 14.4. The molecule has 2 aromatic rings. The fourth-order valence-corrected chi connectivity index (χ4v) is 2.07. The first-order chi connectivity index (χ1) is 9.43. The van der Waals surface area contributed by atoms with Gasteiger partial charge in [-0.3, -0.25) is 4.79 Å². The molecule has 20 heavy (non-hydrogen) atoms. The number of benzene rings is 2. The van der Waals surface area contributed by atoms with E-state index in [4.69, 9.17) is 0 Å². The van der Waals surface area contributed by atoms with Crippen molar-refractivity contribution in [1.82, 2.24) is 0 Å². The molecule has 5 heteroatoms. The molecule has 0 aliphatic rings. The lowest BCUT2D eigenvalue weighted by Gasteiger charge is -2.19. The number of esters is 1. The summed E-state index contributed by atoms with van der Waals surface area (Å²) in [5, 5.41) is 1.48. The molecular formula is C15H13F3O2. The number of alkyl halides is 3. The molecule has 0 bridgehead atoms. The largest absolute Gasteiger partial charge is 0.465 e. The van der Waals surface area contributed by atoms with E-state index in [1.165, 1.54) is 19.1 Å². The number of halogens is 3. The number of carbonyl (C=O) groups is 1. The van der Waals surface area contributed by atoms with Gasteiger partial charge in [0.25, 0.3) is 0 Å². The normalized spacial score (nSPS) is 13.2. The Morgan fingerprint density at radius 3 is 2.40 bits per heavy atom. The van der Waals surface area contributed by atoms with Crippen LogP contribution in [0, 0.1) is 0 Å². The molecule has 0 amide bonds. The molecule has 106 valence electrons. The average molecular weight is 282 g/mol. The van der Waals surface area contributed by atoms with E-state index in [9.17, 15) is 18.0 Å². The minimum atomic E-state index is -4.67. The van der Waals surface area contributed by atoms with Gasteiger partial charge >= 0.3 is 12.1 Å². The van der Waals surface area contributed by atoms with Crippen LogP contribution in [0.4, 0.5) is 13.2 Å². The van der Waals surface area contributed by atoms with Crippen LogP contribution in [0.15, 0.2) is 42.5 Å². The second-order valence-corrected chi connectivity index (χ2v) is 4.33. The topological polar surface area (TPSA) is 26.3 Å². The number of fused-ring (bicyclic) bond motifs is 1. The SMILES string of the molecule is CCOC(=O)[C@@H](c1ccc2ccccc2c1)C(F)(F)F. The summed E-state index contributed by atoms with van der Waals surface area (Å²) < 4.78 is 43.8. The van der Waals surface area contributed by atoms with Gasteiger partial charge in [-0.1, -0.05) is 36.4 Å². The lowest BCUT2D eigenvalue weighted by atomic mass is 9.96. The maximum atomic E-state index is 13.1. The van der Waals surface area contributed by atoms with E-state index >= 15 is 0 Å². The molecule has 0 aromatic heterocycles. The molecule has 0 spiro atoms. The molecule has 0 unspecified atom stereocenters. The molecular weight excluding hydrogens is 269 g/mol. The van der Waals surface area contributed by atoms with Gasteiger partial charge in [-0.2, -0.15) is 13.2 Å². The first-order valence-electron chi connectivity index (χ1n) is 6.15. The van der Waals surface area contributed by atoms with Crippen LogP contribution in [0.1, 0.15) is 18.4 Å². The number of carbonyl (C=O) groups excluding carboxylic acids is 1. The van der Waals surface area contributed by atoms with E-state index < -0.39 is 18.1 Å². The number of hydrogen-bond donors (Lipinski definition) is 0. The van der Waals surface area contributed by atoms with Crippen LogP contribution in [0.2, 0.25) is 0 Å². The van der Waals surface area contributed by atoms with Crippen LogP contribution in [0.3, 0.4) is 0 Å². The molecule has 1 atom stereocenters. The van der Waals surface area contributed by atoms with Crippen molar-refractivity contribution >= 4 is 16.7 Å². The Kier molecular flexibility index (Phi) is 3.97. The van der Waals surface area contributed by atoms with E-state index in [-0.39, 0.29) is 12.2 Å². The smallest absolute Gasteiger partial charge is 0.406 e. The molecule has 2 nitrogen and oxygen atoms in total. The van der Waals surface area contributed by atoms with Gasteiger partial charge in [0.2, 0.25) is 0 Å². The van der Waals surface area contributed by atoms with Gasteiger partial charge in [0, 0.05) is 0 Å². The third-order valence-corrected chi connectivity index (χ3v) is 2.96. The van der Waals surface area contributed by atoms with Crippen LogP contribution in [0.5, 0.6) is 0 Å². The van der Waals surface area contributed by atoms with Crippen LogP contribution < -0.4 is 0 Å². The van der Waals surface area contributed by atoms with Crippen LogP contribution >= 0.6 is 0 Å². The van der Waals surface area contributed by atoms with Crippen molar-refractivity contribution in [3.63, 3.8) is 0 Å². The Labute approximate surface area is 114 Å². The van der Waals surface area contributed by atoms with Crippen molar-refractivity contribution in [2.75, 3.05) is 6.61 Å². The highest BCUT2D eigenvalue weighted by Gasteiger charge is 2.47. The second kappa shape index (κ2) is 5.53. The molecule has 2 aromatic carbocycles. The average Bonchev–Trinajstić information content (AvgIpc) is 2.37. The molecule has 2 rings (SSSR count). The fraction of sp³-hybridized carbons (Fsp3) is 0.267. The first-order valence-corrected chi connectivity index (χ1v) is 6.15. The van der Waals surface area contributed by atoms with Crippen molar-refractivity contribution in [3.05, 3.63) is 48.0 Å². The van der Waals surface area contributed by atoms with Gasteiger partial charge < -0.3 is 4.74 Å². The molecule has 0 aliphatic heterocycles. The van der Waals surface area contributed by atoms with Gasteiger partial charge in [0.1, 0.15) is 0 Å². The predicted molar refractivity (Wildman–Crippen MR) is 69.4 cm³/mol. The molecule has 0 saturated carbocycles. The van der Waals surface area contributed by atoms with Crippen LogP contribution in [-0.4, -0.2) is 18.8 Å². The van der Waals surface area contributed by atoms with E-state index in [1.54, 1.807) is 30.3 Å². The molecule has 0 N–H and O–H groups in total. The Balaban J connectivity index is 2.48. The van der Waals surface area contributed by atoms with Crippen molar-refractivity contribution in [3.8, 4) is 0 Å². The highest BCUT2D eigenvalue weighted by atomic mass is 19.4. The standard InChI is InChI=1S/C15H13F3O2/c1-2-20-14(19)13(15(16,17)18)12-8-7-10-5-3-4-6-11(10)9-12/h3-9,13H,2H2,1H3/t13-/m1/s1. The van der Waals surface area contributed by atoms with Gasteiger partial charge in [-0.25, -0.2) is 0 Å². The van der Waals surface area contributed by atoms with Gasteiger partial charge in [0.05, 0.1) is 6.61 Å². The lowest BCUT2D eigenvalue weighted by Crippen LogP contribution is -2.30. The molecule has 0 saturated heterocycles. The zero-order valence-electron chi connectivity index (χ0n) is 10.8. The van der Waals surface area contributed by atoms with Crippen molar-refractivity contribution in [2.24, 2.45) is 0 Å². The van der Waals surface area contributed by atoms with Crippen LogP contribution in [0.25, 0.3) is 10.8 Å². The number of rotatable bonds is 3. The Bertz CT molecular complexity index is 620. The number of ether oxygens (including phenoxy) is 1. The summed E-state index contributed by atoms with van der Waals surface area (Å²) in [6.07, 6.45) is -4.67. The zero-order valence-corrected chi connectivity index (χ0v) is 10.8. The Morgan fingerprint density at radius 2 is 1.80 bits per heavy atom. The van der Waals surface area contributed by atoms with Gasteiger partial charge in [-0.15, -0.1) is 0 Å². The quantitative estimate of drug-likeness (QED) is 0.794. The van der Waals surface area contributed by atoms with Crippen molar-refractivity contribution < 1.29 is 22.7 Å². The second-order valence-electron chi connectivity index (χ2n) is 4.33. The Hall–Kier alpha value is -2.04. The lowest BCUT2D eigenvalue weighted by molar-refractivity contribution is -0.180. The monoisotopic (exact) mass is 282 g/mol. The summed E-state index contributed by atoms with van der Waals surface area (Å²) in [5.41, 5.74) is -0.102. The van der Waals surface area contributed by atoms with Crippen LogP contribution in [-0.2, 0) is 9.53 Å². The maximum Gasteiger partial charge on any atom is 0.406 e. The fourth-order valence-electron chi connectivity index (χ4n) is 2.07.